The predicted molar refractivity (Wildman–Crippen MR) is 123 cm³/mol. The van der Waals surface area contributed by atoms with Gasteiger partial charge >= 0.3 is 0 Å². The molecule has 0 bridgehead atoms. The Morgan fingerprint density at radius 1 is 0.906 bits per heavy atom. The van der Waals surface area contributed by atoms with Crippen LogP contribution in [-0.4, -0.2) is 16.9 Å². The van der Waals surface area contributed by atoms with Crippen LogP contribution in [0.2, 0.25) is 0 Å². The zero-order valence-corrected chi connectivity index (χ0v) is 17.9. The SMILES string of the molecule is CC(C)Oc1ccc(C2c3c(oc4ccccc4c3=O)C(=O)N2Cc2ccccc2)cc1. The summed E-state index contributed by atoms with van der Waals surface area (Å²) in [5, 5.41) is 0.477. The van der Waals surface area contributed by atoms with Gasteiger partial charge < -0.3 is 14.1 Å². The van der Waals surface area contributed by atoms with Gasteiger partial charge in [0.15, 0.2) is 5.43 Å². The van der Waals surface area contributed by atoms with Crippen molar-refractivity contribution < 1.29 is 13.9 Å². The van der Waals surface area contributed by atoms with Crippen molar-refractivity contribution in [3.63, 3.8) is 0 Å². The molecular weight excluding hydrogens is 402 g/mol. The Labute approximate surface area is 185 Å². The van der Waals surface area contributed by atoms with Gasteiger partial charge in [-0.1, -0.05) is 54.6 Å². The molecule has 1 unspecified atom stereocenters. The van der Waals surface area contributed by atoms with Gasteiger partial charge in [0.1, 0.15) is 11.3 Å². The number of ether oxygens (including phenoxy) is 1. The fraction of sp³-hybridized carbons (Fsp3) is 0.185. The molecule has 1 amide bonds. The molecule has 5 nitrogen and oxygen atoms in total. The second-order valence-corrected chi connectivity index (χ2v) is 8.23. The van der Waals surface area contributed by atoms with E-state index in [1.807, 2.05) is 68.4 Å². The monoisotopic (exact) mass is 425 g/mol. The smallest absolute Gasteiger partial charge is 0.291 e. The van der Waals surface area contributed by atoms with Gasteiger partial charge in [0.2, 0.25) is 5.76 Å². The summed E-state index contributed by atoms with van der Waals surface area (Å²) < 4.78 is 11.7. The molecule has 1 aliphatic heterocycles. The Morgan fingerprint density at radius 3 is 2.31 bits per heavy atom. The van der Waals surface area contributed by atoms with E-state index in [9.17, 15) is 9.59 Å². The van der Waals surface area contributed by atoms with Crippen LogP contribution in [0.4, 0.5) is 0 Å². The quantitative estimate of drug-likeness (QED) is 0.434. The lowest BCUT2D eigenvalue weighted by molar-refractivity contribution is 0.0714. The molecule has 160 valence electrons. The number of hydrogen-bond donors (Lipinski definition) is 0. The van der Waals surface area contributed by atoms with Gasteiger partial charge in [-0.15, -0.1) is 0 Å². The second kappa shape index (κ2) is 8.00. The van der Waals surface area contributed by atoms with Crippen molar-refractivity contribution in [2.45, 2.75) is 32.5 Å². The van der Waals surface area contributed by atoms with E-state index < -0.39 is 6.04 Å². The molecule has 0 spiro atoms. The molecule has 0 fully saturated rings. The highest BCUT2D eigenvalue weighted by molar-refractivity contribution is 5.99. The molecule has 1 atom stereocenters. The Kier molecular flexibility index (Phi) is 5.02. The molecule has 2 heterocycles. The minimum Gasteiger partial charge on any atom is -0.491 e. The standard InChI is InChI=1S/C27H23NO4/c1-17(2)31-20-14-12-19(13-15-20)24-23-25(29)21-10-6-7-11-22(21)32-26(23)27(30)28(24)16-18-8-4-3-5-9-18/h3-15,17,24H,16H2,1-2H3. The van der Waals surface area contributed by atoms with Crippen LogP contribution in [0.1, 0.15) is 47.1 Å². The molecule has 1 aliphatic rings. The van der Waals surface area contributed by atoms with Crippen LogP contribution in [0.15, 0.2) is 88.1 Å². The number of benzene rings is 3. The first-order valence-electron chi connectivity index (χ1n) is 10.7. The van der Waals surface area contributed by atoms with Crippen LogP contribution in [0.25, 0.3) is 11.0 Å². The van der Waals surface area contributed by atoms with Crippen molar-refractivity contribution in [3.8, 4) is 5.75 Å². The first kappa shape index (κ1) is 20.1. The molecule has 3 aromatic carbocycles. The number of nitrogens with zero attached hydrogens (tertiary/aromatic N) is 1. The fourth-order valence-electron chi connectivity index (χ4n) is 4.26. The predicted octanol–water partition coefficient (Wildman–Crippen LogP) is 5.33. The molecular formula is C27H23NO4. The third kappa shape index (κ3) is 3.46. The van der Waals surface area contributed by atoms with Crippen LogP contribution in [-0.2, 0) is 6.54 Å². The summed E-state index contributed by atoms with van der Waals surface area (Å²) in [5.74, 6) is 0.588. The van der Waals surface area contributed by atoms with Gasteiger partial charge in [-0.05, 0) is 49.2 Å². The van der Waals surface area contributed by atoms with Crippen molar-refractivity contribution >= 4 is 16.9 Å². The summed E-state index contributed by atoms with van der Waals surface area (Å²) in [7, 11) is 0. The van der Waals surface area contributed by atoms with Gasteiger partial charge in [-0.25, -0.2) is 0 Å². The molecule has 4 aromatic rings. The van der Waals surface area contributed by atoms with Crippen LogP contribution in [0.3, 0.4) is 0 Å². The normalized spacial score (nSPS) is 15.4. The first-order chi connectivity index (χ1) is 15.5. The van der Waals surface area contributed by atoms with E-state index in [-0.39, 0.29) is 23.2 Å². The average molecular weight is 425 g/mol. The lowest BCUT2D eigenvalue weighted by Gasteiger charge is -2.25. The largest absolute Gasteiger partial charge is 0.491 e. The molecule has 5 heteroatoms. The summed E-state index contributed by atoms with van der Waals surface area (Å²) >= 11 is 0. The molecule has 0 saturated heterocycles. The highest BCUT2D eigenvalue weighted by Crippen LogP contribution is 2.39. The van der Waals surface area contributed by atoms with Gasteiger partial charge in [0.25, 0.3) is 5.91 Å². The van der Waals surface area contributed by atoms with E-state index in [0.717, 1.165) is 16.9 Å². The van der Waals surface area contributed by atoms with E-state index in [4.69, 9.17) is 9.15 Å². The maximum Gasteiger partial charge on any atom is 0.291 e. The molecule has 32 heavy (non-hydrogen) atoms. The van der Waals surface area contributed by atoms with E-state index in [1.165, 1.54) is 0 Å². The third-order valence-electron chi connectivity index (χ3n) is 5.64. The maximum absolute atomic E-state index is 13.5. The van der Waals surface area contributed by atoms with E-state index in [1.54, 1.807) is 29.2 Å². The Balaban J connectivity index is 1.66. The number of rotatable bonds is 5. The minimum atomic E-state index is -0.535. The highest BCUT2D eigenvalue weighted by Gasteiger charge is 2.42. The minimum absolute atomic E-state index is 0.0580. The summed E-state index contributed by atoms with van der Waals surface area (Å²) in [6.45, 7) is 4.31. The van der Waals surface area contributed by atoms with E-state index >= 15 is 0 Å². The van der Waals surface area contributed by atoms with Crippen LogP contribution < -0.4 is 10.2 Å². The lowest BCUT2D eigenvalue weighted by Crippen LogP contribution is -2.29. The van der Waals surface area contributed by atoms with Crippen molar-refractivity contribution in [2.24, 2.45) is 0 Å². The number of carbonyl (C=O) groups excluding carboxylic acids is 1. The van der Waals surface area contributed by atoms with Gasteiger partial charge in [0, 0.05) is 6.54 Å². The Bertz CT molecular complexity index is 1340. The second-order valence-electron chi connectivity index (χ2n) is 8.23. The summed E-state index contributed by atoms with van der Waals surface area (Å²) in [4.78, 5) is 28.7. The molecule has 5 rings (SSSR count). The number of amides is 1. The molecule has 1 aromatic heterocycles. The first-order valence-corrected chi connectivity index (χ1v) is 10.7. The number of carbonyl (C=O) groups is 1. The van der Waals surface area contributed by atoms with Crippen molar-refractivity contribution in [3.05, 3.63) is 112 Å². The summed E-state index contributed by atoms with van der Waals surface area (Å²) in [6.07, 6.45) is 0.0580. The van der Waals surface area contributed by atoms with E-state index in [0.29, 0.717) is 23.1 Å². The Hall–Kier alpha value is -3.86. The van der Waals surface area contributed by atoms with Gasteiger partial charge in [-0.2, -0.15) is 0 Å². The average Bonchev–Trinajstić information content (AvgIpc) is 3.07. The van der Waals surface area contributed by atoms with Crippen molar-refractivity contribution in [1.29, 1.82) is 0 Å². The van der Waals surface area contributed by atoms with Gasteiger partial charge in [0.05, 0.1) is 23.1 Å². The van der Waals surface area contributed by atoms with Crippen molar-refractivity contribution in [2.75, 3.05) is 0 Å². The van der Waals surface area contributed by atoms with Crippen LogP contribution in [0, 0.1) is 0 Å². The van der Waals surface area contributed by atoms with Gasteiger partial charge in [-0.3, -0.25) is 9.59 Å². The third-order valence-corrected chi connectivity index (χ3v) is 5.64. The summed E-state index contributed by atoms with van der Waals surface area (Å²) in [5.41, 5.74) is 2.47. The zero-order valence-electron chi connectivity index (χ0n) is 17.9. The molecule has 0 aliphatic carbocycles. The number of fused-ring (bicyclic) bond motifs is 2. The molecule has 0 saturated carbocycles. The zero-order chi connectivity index (χ0) is 22.2. The molecule has 0 radical (unpaired) electrons. The number of hydrogen-bond acceptors (Lipinski definition) is 4. The van der Waals surface area contributed by atoms with Crippen LogP contribution in [0.5, 0.6) is 5.75 Å². The highest BCUT2D eigenvalue weighted by atomic mass is 16.5. The van der Waals surface area contributed by atoms with E-state index in [2.05, 4.69) is 0 Å². The lowest BCUT2D eigenvalue weighted by atomic mass is 9.98. The Morgan fingerprint density at radius 2 is 1.59 bits per heavy atom. The van der Waals surface area contributed by atoms with Crippen LogP contribution >= 0.6 is 0 Å². The fourth-order valence-corrected chi connectivity index (χ4v) is 4.26. The number of para-hydroxylation sites is 1. The van der Waals surface area contributed by atoms with Crippen molar-refractivity contribution in [1.82, 2.24) is 4.90 Å². The summed E-state index contributed by atoms with van der Waals surface area (Å²) in [6, 6.07) is 23.9. The molecule has 0 N–H and O–H groups in total. The topological polar surface area (TPSA) is 59.8 Å². The maximum atomic E-state index is 13.5.